The van der Waals surface area contributed by atoms with Gasteiger partial charge in [0, 0.05) is 10.0 Å². The highest BCUT2D eigenvalue weighted by Crippen LogP contribution is 2.30. The molecule has 0 aliphatic rings. The van der Waals surface area contributed by atoms with E-state index in [-0.39, 0.29) is 5.82 Å². The van der Waals surface area contributed by atoms with E-state index in [2.05, 4.69) is 36.6 Å². The maximum Gasteiger partial charge on any atom is 0.148 e. The lowest BCUT2D eigenvalue weighted by Crippen LogP contribution is -2.13. The van der Waals surface area contributed by atoms with Crippen LogP contribution in [-0.2, 0) is 6.42 Å². The molecule has 0 atom stereocenters. The van der Waals surface area contributed by atoms with Gasteiger partial charge in [0.2, 0.25) is 0 Å². The second-order valence-electron chi connectivity index (χ2n) is 4.17. The number of nitrogens with one attached hydrogen (secondary N) is 2. The molecule has 0 fully saturated rings. The number of hydrogen-bond acceptors (Lipinski definition) is 5. The van der Waals surface area contributed by atoms with E-state index >= 15 is 0 Å². The lowest BCUT2D eigenvalue weighted by molar-refractivity contribution is 0.631. The summed E-state index contributed by atoms with van der Waals surface area (Å²) in [5, 5.41) is 3.00. The van der Waals surface area contributed by atoms with E-state index in [1.54, 1.807) is 12.1 Å². The number of nitrogens with two attached hydrogens (primary N) is 1. The van der Waals surface area contributed by atoms with Gasteiger partial charge >= 0.3 is 0 Å². The molecule has 20 heavy (non-hydrogen) atoms. The molecule has 0 unspecified atom stereocenters. The number of nitrogens with zero attached hydrogens (tertiary/aromatic N) is 2. The summed E-state index contributed by atoms with van der Waals surface area (Å²) in [6, 6.07) is 4.77. The highest BCUT2D eigenvalue weighted by atomic mass is 79.9. The molecule has 7 heteroatoms. The molecule has 0 saturated carbocycles. The van der Waals surface area contributed by atoms with Gasteiger partial charge in [-0.1, -0.05) is 19.4 Å². The van der Waals surface area contributed by atoms with E-state index in [1.807, 2.05) is 6.92 Å². The van der Waals surface area contributed by atoms with E-state index in [0.717, 1.165) is 18.4 Å². The number of hydrogen-bond donors (Lipinski definition) is 3. The van der Waals surface area contributed by atoms with Crippen LogP contribution >= 0.6 is 15.9 Å². The summed E-state index contributed by atoms with van der Waals surface area (Å²) < 4.78 is 14.5. The highest BCUT2D eigenvalue weighted by Gasteiger charge is 2.13. The van der Waals surface area contributed by atoms with Crippen molar-refractivity contribution in [2.75, 3.05) is 10.7 Å². The van der Waals surface area contributed by atoms with Gasteiger partial charge < -0.3 is 10.7 Å². The smallest absolute Gasteiger partial charge is 0.148 e. The zero-order chi connectivity index (χ0) is 14.5. The Labute approximate surface area is 124 Å². The number of para-hydroxylation sites is 1. The van der Waals surface area contributed by atoms with Crippen molar-refractivity contribution < 1.29 is 4.39 Å². The van der Waals surface area contributed by atoms with E-state index in [0.29, 0.717) is 21.8 Å². The zero-order valence-corrected chi connectivity index (χ0v) is 12.5. The summed E-state index contributed by atoms with van der Waals surface area (Å²) in [4.78, 5) is 8.25. The second kappa shape index (κ2) is 6.62. The zero-order valence-electron chi connectivity index (χ0n) is 11.0. The summed E-state index contributed by atoms with van der Waals surface area (Å²) >= 11 is 3.32. The Morgan fingerprint density at radius 1 is 1.30 bits per heavy atom. The molecule has 2 rings (SSSR count). The van der Waals surface area contributed by atoms with E-state index in [1.165, 1.54) is 12.4 Å². The van der Waals surface area contributed by atoms with Crippen molar-refractivity contribution in [1.82, 2.24) is 9.97 Å². The van der Waals surface area contributed by atoms with Crippen LogP contribution in [0, 0.1) is 5.82 Å². The Balaban J connectivity index is 2.43. The Morgan fingerprint density at radius 2 is 2.05 bits per heavy atom. The van der Waals surface area contributed by atoms with E-state index in [4.69, 9.17) is 5.84 Å². The number of rotatable bonds is 5. The summed E-state index contributed by atoms with van der Waals surface area (Å²) in [6.45, 7) is 2.04. The van der Waals surface area contributed by atoms with Crippen molar-refractivity contribution in [3.63, 3.8) is 0 Å². The van der Waals surface area contributed by atoms with Gasteiger partial charge in [-0.15, -0.1) is 0 Å². The predicted molar refractivity (Wildman–Crippen MR) is 81.2 cm³/mol. The largest absolute Gasteiger partial charge is 0.337 e. The third-order valence-electron chi connectivity index (χ3n) is 2.79. The van der Waals surface area contributed by atoms with Crippen molar-refractivity contribution >= 4 is 33.3 Å². The normalized spacial score (nSPS) is 10.4. The molecule has 0 aliphatic carbocycles. The molecule has 0 spiro atoms. The molecule has 0 amide bonds. The molecule has 106 valence electrons. The SMILES string of the molecule is CCCc1c(NN)ncnc1Nc1c(F)cccc1Br. The van der Waals surface area contributed by atoms with Crippen LogP contribution in [0.4, 0.5) is 21.7 Å². The van der Waals surface area contributed by atoms with Gasteiger partial charge in [0.25, 0.3) is 0 Å². The van der Waals surface area contributed by atoms with Crippen molar-refractivity contribution in [3.8, 4) is 0 Å². The Hall–Kier alpha value is -1.73. The minimum absolute atomic E-state index is 0.339. The maximum atomic E-state index is 13.9. The van der Waals surface area contributed by atoms with Crippen LogP contribution in [0.25, 0.3) is 0 Å². The lowest BCUT2D eigenvalue weighted by atomic mass is 10.1. The number of halogens is 2. The molecule has 0 saturated heterocycles. The number of benzene rings is 1. The molecule has 4 N–H and O–H groups in total. The van der Waals surface area contributed by atoms with E-state index in [9.17, 15) is 4.39 Å². The van der Waals surface area contributed by atoms with Crippen molar-refractivity contribution in [1.29, 1.82) is 0 Å². The van der Waals surface area contributed by atoms with E-state index < -0.39 is 0 Å². The van der Waals surface area contributed by atoms with Gasteiger partial charge in [-0.2, -0.15) is 0 Å². The molecule has 0 aliphatic heterocycles. The summed E-state index contributed by atoms with van der Waals surface area (Å²) in [6.07, 6.45) is 3.01. The first-order valence-corrected chi connectivity index (χ1v) is 6.98. The molecule has 0 bridgehead atoms. The third kappa shape index (κ3) is 3.05. The Morgan fingerprint density at radius 3 is 2.70 bits per heavy atom. The molecule has 2 aromatic rings. The van der Waals surface area contributed by atoms with Crippen LogP contribution in [0.5, 0.6) is 0 Å². The molecule has 1 heterocycles. The second-order valence-corrected chi connectivity index (χ2v) is 5.02. The van der Waals surface area contributed by atoms with Crippen molar-refractivity contribution in [2.45, 2.75) is 19.8 Å². The lowest BCUT2D eigenvalue weighted by Gasteiger charge is -2.14. The standard InChI is InChI=1S/C13H15BrFN5/c1-2-4-8-12(17-7-18-13(8)20-16)19-11-9(14)5-3-6-10(11)15/h3,5-7H,2,4,16H2,1H3,(H2,17,18,19,20). The van der Waals surface area contributed by atoms with Gasteiger partial charge in [-0.25, -0.2) is 20.2 Å². The third-order valence-corrected chi connectivity index (χ3v) is 3.45. The fourth-order valence-electron chi connectivity index (χ4n) is 1.87. The van der Waals surface area contributed by atoms with Crippen LogP contribution in [0.2, 0.25) is 0 Å². The number of hydrazine groups is 1. The van der Waals surface area contributed by atoms with Crippen LogP contribution in [0.1, 0.15) is 18.9 Å². The topological polar surface area (TPSA) is 75.9 Å². The van der Waals surface area contributed by atoms with Gasteiger partial charge in [-0.05, 0) is 34.5 Å². The average Bonchev–Trinajstić information content (AvgIpc) is 2.44. The van der Waals surface area contributed by atoms with Crippen LogP contribution < -0.4 is 16.6 Å². The summed E-state index contributed by atoms with van der Waals surface area (Å²) in [5.41, 5.74) is 3.71. The molecule has 1 aromatic carbocycles. The predicted octanol–water partition coefficient (Wildman–Crippen LogP) is 3.36. The minimum atomic E-state index is -0.359. The molecule has 0 radical (unpaired) electrons. The highest BCUT2D eigenvalue weighted by molar-refractivity contribution is 9.10. The molecule has 1 aromatic heterocycles. The number of aromatic nitrogens is 2. The summed E-state index contributed by atoms with van der Waals surface area (Å²) in [5.74, 6) is 6.17. The average molecular weight is 340 g/mol. The molecular weight excluding hydrogens is 325 g/mol. The quantitative estimate of drug-likeness (QED) is 0.575. The van der Waals surface area contributed by atoms with Gasteiger partial charge in [-0.3, -0.25) is 0 Å². The van der Waals surface area contributed by atoms with Gasteiger partial charge in [0.15, 0.2) is 0 Å². The molecule has 5 nitrogen and oxygen atoms in total. The first-order valence-electron chi connectivity index (χ1n) is 6.18. The number of nitrogen functional groups attached to an aromatic ring is 1. The number of anilines is 3. The fraction of sp³-hybridized carbons (Fsp3) is 0.231. The minimum Gasteiger partial charge on any atom is -0.337 e. The van der Waals surface area contributed by atoms with Crippen LogP contribution in [-0.4, -0.2) is 9.97 Å². The molecular formula is C13H15BrFN5. The fourth-order valence-corrected chi connectivity index (χ4v) is 2.31. The Bertz CT molecular complexity index is 585. The van der Waals surface area contributed by atoms with Crippen LogP contribution in [0.15, 0.2) is 29.0 Å². The first-order chi connectivity index (χ1) is 9.67. The van der Waals surface area contributed by atoms with Gasteiger partial charge in [0.05, 0.1) is 5.69 Å². The Kier molecular flexibility index (Phi) is 4.86. The first kappa shape index (κ1) is 14.7. The monoisotopic (exact) mass is 339 g/mol. The van der Waals surface area contributed by atoms with Crippen molar-refractivity contribution in [3.05, 3.63) is 40.4 Å². The summed E-state index contributed by atoms with van der Waals surface area (Å²) in [7, 11) is 0. The maximum absolute atomic E-state index is 13.9. The van der Waals surface area contributed by atoms with Crippen molar-refractivity contribution in [2.24, 2.45) is 5.84 Å². The van der Waals surface area contributed by atoms with Crippen LogP contribution in [0.3, 0.4) is 0 Å². The van der Waals surface area contributed by atoms with Gasteiger partial charge in [0.1, 0.15) is 23.8 Å².